The molecule has 1 aromatic heterocycles. The van der Waals surface area contributed by atoms with Gasteiger partial charge in [0.15, 0.2) is 0 Å². The minimum Gasteiger partial charge on any atom is -0.376 e. The lowest BCUT2D eigenvalue weighted by Crippen LogP contribution is -2.42. The van der Waals surface area contributed by atoms with E-state index in [9.17, 15) is 9.59 Å². The fraction of sp³-hybridized carbons (Fsp3) is 0.400. The zero-order chi connectivity index (χ0) is 18.5. The lowest BCUT2D eigenvalue weighted by atomic mass is 10.1. The van der Waals surface area contributed by atoms with Gasteiger partial charge >= 0.3 is 0 Å². The van der Waals surface area contributed by atoms with Crippen LogP contribution in [-0.4, -0.2) is 42.5 Å². The summed E-state index contributed by atoms with van der Waals surface area (Å²) in [6, 6.07) is 7.59. The minimum atomic E-state index is -0.194. The summed E-state index contributed by atoms with van der Waals surface area (Å²) in [4.78, 5) is 27.0. The van der Waals surface area contributed by atoms with Crippen molar-refractivity contribution in [3.63, 3.8) is 0 Å². The molecule has 0 bridgehead atoms. The van der Waals surface area contributed by atoms with Gasteiger partial charge < -0.3 is 15.0 Å². The van der Waals surface area contributed by atoms with Gasteiger partial charge in [-0.05, 0) is 55.3 Å². The van der Waals surface area contributed by atoms with E-state index < -0.39 is 0 Å². The number of carbonyl (C=O) groups excluding carboxylic acids is 2. The van der Waals surface area contributed by atoms with Gasteiger partial charge in [-0.3, -0.25) is 9.59 Å². The van der Waals surface area contributed by atoms with E-state index in [2.05, 4.69) is 5.32 Å². The molecule has 1 unspecified atom stereocenters. The highest BCUT2D eigenvalue weighted by Gasteiger charge is 2.25. The van der Waals surface area contributed by atoms with Crippen LogP contribution in [0.5, 0.6) is 0 Å². The van der Waals surface area contributed by atoms with E-state index in [1.807, 2.05) is 42.8 Å². The SMILES string of the molecule is Cc1cccc(NC(=O)CN(CC2CCCO2)C(=O)c2ccsc2)c1C. The number of hydrogen-bond acceptors (Lipinski definition) is 4. The highest BCUT2D eigenvalue weighted by atomic mass is 32.1. The molecule has 0 saturated carbocycles. The average Bonchev–Trinajstić information content (AvgIpc) is 3.31. The summed E-state index contributed by atoms with van der Waals surface area (Å²) in [7, 11) is 0. The molecule has 138 valence electrons. The maximum Gasteiger partial charge on any atom is 0.255 e. The number of ether oxygens (including phenoxy) is 1. The van der Waals surface area contributed by atoms with E-state index in [1.54, 1.807) is 11.0 Å². The molecule has 2 amide bonds. The maximum absolute atomic E-state index is 12.8. The Labute approximate surface area is 158 Å². The largest absolute Gasteiger partial charge is 0.376 e. The summed E-state index contributed by atoms with van der Waals surface area (Å²) < 4.78 is 5.66. The second-order valence-electron chi connectivity index (χ2n) is 6.63. The third kappa shape index (κ3) is 4.51. The van der Waals surface area contributed by atoms with Crippen molar-refractivity contribution in [2.24, 2.45) is 0 Å². The van der Waals surface area contributed by atoms with Gasteiger partial charge in [0.2, 0.25) is 5.91 Å². The quantitative estimate of drug-likeness (QED) is 0.842. The molecule has 3 rings (SSSR count). The fourth-order valence-corrected chi connectivity index (χ4v) is 3.70. The Hall–Kier alpha value is -2.18. The first-order valence-corrected chi connectivity index (χ1v) is 9.78. The van der Waals surface area contributed by atoms with Crippen LogP contribution in [0, 0.1) is 13.8 Å². The van der Waals surface area contributed by atoms with Crippen LogP contribution >= 0.6 is 11.3 Å². The first-order valence-electron chi connectivity index (χ1n) is 8.83. The first-order chi connectivity index (χ1) is 12.5. The lowest BCUT2D eigenvalue weighted by molar-refractivity contribution is -0.117. The van der Waals surface area contributed by atoms with E-state index in [0.29, 0.717) is 12.1 Å². The third-order valence-corrected chi connectivity index (χ3v) is 5.40. The topological polar surface area (TPSA) is 58.6 Å². The van der Waals surface area contributed by atoms with Crippen LogP contribution in [0.2, 0.25) is 0 Å². The molecule has 6 heteroatoms. The van der Waals surface area contributed by atoms with Gasteiger partial charge in [-0.15, -0.1) is 0 Å². The number of hydrogen-bond donors (Lipinski definition) is 1. The standard InChI is InChI=1S/C20H24N2O3S/c1-14-5-3-7-18(15(14)2)21-19(23)12-22(11-17-6-4-9-25-17)20(24)16-8-10-26-13-16/h3,5,7-8,10,13,17H,4,6,9,11-12H2,1-2H3,(H,21,23). The van der Waals surface area contributed by atoms with Crippen molar-refractivity contribution in [1.29, 1.82) is 0 Å². The number of amides is 2. The van der Waals surface area contributed by atoms with E-state index in [-0.39, 0.29) is 24.5 Å². The van der Waals surface area contributed by atoms with Gasteiger partial charge in [0.05, 0.1) is 11.7 Å². The molecule has 1 aliphatic rings. The van der Waals surface area contributed by atoms with Gasteiger partial charge in [0.25, 0.3) is 5.91 Å². The number of anilines is 1. The summed E-state index contributed by atoms with van der Waals surface area (Å²) >= 11 is 1.47. The predicted molar refractivity (Wildman–Crippen MR) is 104 cm³/mol. The molecule has 0 spiro atoms. The molecule has 26 heavy (non-hydrogen) atoms. The minimum absolute atomic E-state index is 0.00564. The molecular weight excluding hydrogens is 348 g/mol. The van der Waals surface area contributed by atoms with Gasteiger partial charge in [-0.2, -0.15) is 11.3 Å². The van der Waals surface area contributed by atoms with Crippen LogP contribution in [0.15, 0.2) is 35.0 Å². The monoisotopic (exact) mass is 372 g/mol. The molecule has 0 radical (unpaired) electrons. The van der Waals surface area contributed by atoms with Crippen LogP contribution in [0.3, 0.4) is 0 Å². The predicted octanol–water partition coefficient (Wildman–Crippen LogP) is 3.62. The van der Waals surface area contributed by atoms with Crippen molar-refractivity contribution in [3.05, 3.63) is 51.7 Å². The summed E-state index contributed by atoms with van der Waals surface area (Å²) in [5.74, 6) is -0.321. The van der Waals surface area contributed by atoms with Crippen molar-refractivity contribution in [1.82, 2.24) is 4.90 Å². The number of benzene rings is 1. The van der Waals surface area contributed by atoms with Crippen LogP contribution in [0.1, 0.15) is 34.3 Å². The highest BCUT2D eigenvalue weighted by molar-refractivity contribution is 7.08. The van der Waals surface area contributed by atoms with Gasteiger partial charge in [-0.1, -0.05) is 12.1 Å². The molecule has 1 N–H and O–H groups in total. The third-order valence-electron chi connectivity index (χ3n) is 4.72. The molecule has 1 saturated heterocycles. The maximum atomic E-state index is 12.8. The van der Waals surface area contributed by atoms with Crippen LogP contribution in [0.4, 0.5) is 5.69 Å². The first kappa shape index (κ1) is 18.6. The molecule has 1 fully saturated rings. The summed E-state index contributed by atoms with van der Waals surface area (Å²) in [6.07, 6.45) is 1.93. The van der Waals surface area contributed by atoms with Crippen molar-refractivity contribution >= 4 is 28.8 Å². The number of rotatable bonds is 6. The van der Waals surface area contributed by atoms with E-state index in [1.165, 1.54) is 11.3 Å². The Morgan fingerprint density at radius 2 is 2.15 bits per heavy atom. The molecule has 5 nitrogen and oxygen atoms in total. The molecule has 2 aromatic rings. The van der Waals surface area contributed by atoms with E-state index >= 15 is 0 Å². The summed E-state index contributed by atoms with van der Waals surface area (Å²) in [5.41, 5.74) is 3.56. The normalized spacial score (nSPS) is 16.5. The van der Waals surface area contributed by atoms with Crippen molar-refractivity contribution in [2.45, 2.75) is 32.8 Å². The second-order valence-corrected chi connectivity index (χ2v) is 7.41. The molecule has 1 aromatic carbocycles. The van der Waals surface area contributed by atoms with Crippen molar-refractivity contribution < 1.29 is 14.3 Å². The molecule has 1 atom stereocenters. The number of nitrogens with one attached hydrogen (secondary N) is 1. The van der Waals surface area contributed by atoms with E-state index in [0.717, 1.165) is 36.3 Å². The Morgan fingerprint density at radius 1 is 1.31 bits per heavy atom. The zero-order valence-electron chi connectivity index (χ0n) is 15.2. The van der Waals surface area contributed by atoms with Crippen LogP contribution < -0.4 is 5.32 Å². The zero-order valence-corrected chi connectivity index (χ0v) is 16.0. The second kappa shape index (κ2) is 8.47. The van der Waals surface area contributed by atoms with Gasteiger partial charge in [0.1, 0.15) is 6.54 Å². The summed E-state index contributed by atoms with van der Waals surface area (Å²) in [5, 5.41) is 6.62. The number of thiophene rings is 1. The van der Waals surface area contributed by atoms with Crippen molar-refractivity contribution in [3.8, 4) is 0 Å². The highest BCUT2D eigenvalue weighted by Crippen LogP contribution is 2.19. The number of aryl methyl sites for hydroxylation is 1. The van der Waals surface area contributed by atoms with Gasteiger partial charge in [-0.25, -0.2) is 0 Å². The van der Waals surface area contributed by atoms with Crippen LogP contribution in [-0.2, 0) is 9.53 Å². The fourth-order valence-electron chi connectivity index (χ4n) is 3.07. The molecular formula is C20H24N2O3S. The lowest BCUT2D eigenvalue weighted by Gasteiger charge is -2.25. The molecule has 0 aliphatic carbocycles. The smallest absolute Gasteiger partial charge is 0.255 e. The Bertz CT molecular complexity index is 767. The van der Waals surface area contributed by atoms with E-state index in [4.69, 9.17) is 4.74 Å². The van der Waals surface area contributed by atoms with Crippen LogP contribution in [0.25, 0.3) is 0 Å². The Kier molecular flexibility index (Phi) is 6.06. The number of nitrogens with zero attached hydrogens (tertiary/aromatic N) is 1. The van der Waals surface area contributed by atoms with Crippen molar-refractivity contribution in [2.75, 3.05) is 25.0 Å². The van der Waals surface area contributed by atoms with Gasteiger partial charge in [0, 0.05) is 24.2 Å². The Balaban J connectivity index is 1.70. The molecule has 2 heterocycles. The molecule has 1 aliphatic heterocycles. The Morgan fingerprint density at radius 3 is 2.85 bits per heavy atom. The average molecular weight is 372 g/mol. The summed E-state index contributed by atoms with van der Waals surface area (Å²) in [6.45, 7) is 5.16. The number of carbonyl (C=O) groups is 2.